The number of nitrogens with zero attached hydrogens (tertiary/aromatic N) is 2. The molecule has 0 bridgehead atoms. The number of hydrogen-bond donors (Lipinski definition) is 0. The second-order valence-corrected chi connectivity index (χ2v) is 9.24. The van der Waals surface area contributed by atoms with Crippen LogP contribution in [0.5, 0.6) is 11.5 Å². The number of amides is 1. The van der Waals surface area contributed by atoms with Crippen LogP contribution < -0.4 is 9.47 Å². The Morgan fingerprint density at radius 2 is 1.71 bits per heavy atom. The maximum atomic E-state index is 13.2. The van der Waals surface area contributed by atoms with Gasteiger partial charge in [-0.1, -0.05) is 0 Å². The molecular weight excluding hydrogens is 384 g/mol. The fourth-order valence-electron chi connectivity index (χ4n) is 3.86. The van der Waals surface area contributed by atoms with Gasteiger partial charge in [-0.3, -0.25) is 4.79 Å². The summed E-state index contributed by atoms with van der Waals surface area (Å²) in [6.45, 7) is 3.91. The molecule has 9 heteroatoms. The van der Waals surface area contributed by atoms with E-state index in [2.05, 4.69) is 0 Å². The van der Waals surface area contributed by atoms with Crippen molar-refractivity contribution in [3.05, 3.63) is 18.2 Å². The van der Waals surface area contributed by atoms with Crippen LogP contribution in [0, 0.1) is 5.92 Å². The van der Waals surface area contributed by atoms with E-state index in [1.807, 2.05) is 0 Å². The number of ether oxygens (including phenoxy) is 3. The molecule has 1 unspecified atom stereocenters. The zero-order valence-electron chi connectivity index (χ0n) is 15.8. The van der Waals surface area contributed by atoms with Crippen molar-refractivity contribution in [3.8, 4) is 11.5 Å². The Balaban J connectivity index is 1.50. The second kappa shape index (κ2) is 8.26. The minimum absolute atomic E-state index is 0.0295. The van der Waals surface area contributed by atoms with Gasteiger partial charge in [-0.15, -0.1) is 0 Å². The molecule has 1 atom stereocenters. The predicted octanol–water partition coefficient (Wildman–Crippen LogP) is 1.11. The number of piperidine rings is 1. The van der Waals surface area contributed by atoms with Gasteiger partial charge in [0.25, 0.3) is 0 Å². The highest BCUT2D eigenvalue weighted by Gasteiger charge is 2.35. The molecule has 0 aliphatic carbocycles. The SMILES string of the molecule is O=C(C1CCCN(S(=O)(=O)c2ccc3c(c2)OCCCO3)C1)N1CCOCC1. The van der Waals surface area contributed by atoms with E-state index in [0.717, 1.165) is 6.42 Å². The molecule has 0 N–H and O–H groups in total. The Labute approximate surface area is 165 Å². The third-order valence-corrected chi connectivity index (χ3v) is 7.27. The van der Waals surface area contributed by atoms with Gasteiger partial charge in [0.1, 0.15) is 0 Å². The van der Waals surface area contributed by atoms with Crippen LogP contribution in [0.25, 0.3) is 0 Å². The molecule has 0 spiro atoms. The van der Waals surface area contributed by atoms with Crippen molar-refractivity contribution in [2.75, 3.05) is 52.6 Å². The Bertz CT molecular complexity index is 822. The van der Waals surface area contributed by atoms with E-state index in [9.17, 15) is 13.2 Å². The van der Waals surface area contributed by atoms with E-state index in [-0.39, 0.29) is 23.3 Å². The highest BCUT2D eigenvalue weighted by atomic mass is 32.2. The maximum absolute atomic E-state index is 13.2. The number of carbonyl (C=O) groups excluding carboxylic acids is 1. The summed E-state index contributed by atoms with van der Waals surface area (Å²) in [4.78, 5) is 14.8. The Kier molecular flexibility index (Phi) is 5.75. The zero-order valence-corrected chi connectivity index (χ0v) is 16.7. The van der Waals surface area contributed by atoms with Gasteiger partial charge in [0.15, 0.2) is 11.5 Å². The van der Waals surface area contributed by atoms with Gasteiger partial charge in [0.2, 0.25) is 15.9 Å². The van der Waals surface area contributed by atoms with Crippen LogP contribution in [0.2, 0.25) is 0 Å². The minimum Gasteiger partial charge on any atom is -0.490 e. The average molecular weight is 410 g/mol. The topological polar surface area (TPSA) is 85.4 Å². The average Bonchev–Trinajstić information content (AvgIpc) is 2.99. The first-order valence-corrected chi connectivity index (χ1v) is 11.3. The summed E-state index contributed by atoms with van der Waals surface area (Å²) in [6.07, 6.45) is 2.14. The summed E-state index contributed by atoms with van der Waals surface area (Å²) in [6, 6.07) is 4.73. The summed E-state index contributed by atoms with van der Waals surface area (Å²) >= 11 is 0. The van der Waals surface area contributed by atoms with Crippen LogP contribution in [0.1, 0.15) is 19.3 Å². The van der Waals surface area contributed by atoms with Crippen LogP contribution in [0.3, 0.4) is 0 Å². The Morgan fingerprint density at radius 3 is 2.50 bits per heavy atom. The summed E-state index contributed by atoms with van der Waals surface area (Å²) in [5.74, 6) is 0.746. The van der Waals surface area contributed by atoms with Crippen molar-refractivity contribution in [1.29, 1.82) is 0 Å². The van der Waals surface area contributed by atoms with Crippen molar-refractivity contribution in [3.63, 3.8) is 0 Å². The zero-order chi connectivity index (χ0) is 19.6. The molecule has 0 radical (unpaired) electrons. The standard InChI is InChI=1S/C19H26N2O6S/c22-19(20-7-11-25-12-8-20)15-3-1-6-21(14-15)28(23,24)16-4-5-17-18(13-16)27-10-2-9-26-17/h4-5,13,15H,1-3,6-12,14H2. The molecule has 8 nitrogen and oxygen atoms in total. The van der Waals surface area contributed by atoms with Gasteiger partial charge < -0.3 is 19.1 Å². The van der Waals surface area contributed by atoms with E-state index >= 15 is 0 Å². The van der Waals surface area contributed by atoms with Crippen LogP contribution in [-0.4, -0.2) is 76.1 Å². The Hall–Kier alpha value is -1.84. The lowest BCUT2D eigenvalue weighted by atomic mass is 9.98. The highest BCUT2D eigenvalue weighted by Crippen LogP contribution is 2.34. The van der Waals surface area contributed by atoms with Gasteiger partial charge in [-0.25, -0.2) is 8.42 Å². The van der Waals surface area contributed by atoms with Crippen molar-refractivity contribution in [2.24, 2.45) is 5.92 Å². The summed E-state index contributed by atoms with van der Waals surface area (Å²) in [5.41, 5.74) is 0. The third kappa shape index (κ3) is 3.97. The van der Waals surface area contributed by atoms with Gasteiger partial charge in [0.05, 0.1) is 37.2 Å². The van der Waals surface area contributed by atoms with Crippen LogP contribution >= 0.6 is 0 Å². The lowest BCUT2D eigenvalue weighted by molar-refractivity contribution is -0.140. The fourth-order valence-corrected chi connectivity index (χ4v) is 5.40. The molecule has 0 saturated carbocycles. The monoisotopic (exact) mass is 410 g/mol. The van der Waals surface area contributed by atoms with Gasteiger partial charge in [-0.05, 0) is 25.0 Å². The number of fused-ring (bicyclic) bond motifs is 1. The number of hydrogen-bond acceptors (Lipinski definition) is 6. The van der Waals surface area contributed by atoms with Gasteiger partial charge in [0, 0.05) is 38.7 Å². The first-order valence-electron chi connectivity index (χ1n) is 9.82. The first-order chi connectivity index (χ1) is 13.6. The highest BCUT2D eigenvalue weighted by molar-refractivity contribution is 7.89. The normalized spacial score (nSPS) is 23.9. The molecule has 1 aromatic rings. The molecule has 0 aromatic heterocycles. The Morgan fingerprint density at radius 1 is 0.964 bits per heavy atom. The lowest BCUT2D eigenvalue weighted by Crippen LogP contribution is -2.49. The summed E-state index contributed by atoms with van der Waals surface area (Å²) < 4.78 is 44.3. The van der Waals surface area contributed by atoms with Gasteiger partial charge >= 0.3 is 0 Å². The summed E-state index contributed by atoms with van der Waals surface area (Å²) in [7, 11) is -3.70. The molecule has 4 rings (SSSR count). The summed E-state index contributed by atoms with van der Waals surface area (Å²) in [5, 5.41) is 0. The molecule has 2 saturated heterocycles. The van der Waals surface area contributed by atoms with E-state index in [4.69, 9.17) is 14.2 Å². The third-order valence-electron chi connectivity index (χ3n) is 5.41. The quantitative estimate of drug-likeness (QED) is 0.742. The number of rotatable bonds is 3. The number of morpholine rings is 1. The molecule has 3 heterocycles. The van der Waals surface area contributed by atoms with Crippen molar-refractivity contribution < 1.29 is 27.4 Å². The van der Waals surface area contributed by atoms with Crippen LogP contribution in [0.4, 0.5) is 0 Å². The second-order valence-electron chi connectivity index (χ2n) is 7.30. The molecule has 3 aliphatic heterocycles. The number of sulfonamides is 1. The van der Waals surface area contributed by atoms with E-state index in [1.54, 1.807) is 17.0 Å². The van der Waals surface area contributed by atoms with Gasteiger partial charge in [-0.2, -0.15) is 4.31 Å². The predicted molar refractivity (Wildman–Crippen MR) is 101 cm³/mol. The van der Waals surface area contributed by atoms with Crippen LogP contribution in [-0.2, 0) is 19.6 Å². The fraction of sp³-hybridized carbons (Fsp3) is 0.632. The smallest absolute Gasteiger partial charge is 0.243 e. The van der Waals surface area contributed by atoms with Crippen molar-refractivity contribution in [2.45, 2.75) is 24.2 Å². The van der Waals surface area contributed by atoms with E-state index < -0.39 is 10.0 Å². The first kappa shape index (κ1) is 19.5. The van der Waals surface area contributed by atoms with Crippen LogP contribution in [0.15, 0.2) is 23.1 Å². The number of benzene rings is 1. The molecule has 2 fully saturated rings. The van der Waals surface area contributed by atoms with E-state index in [1.165, 1.54) is 10.4 Å². The molecule has 28 heavy (non-hydrogen) atoms. The maximum Gasteiger partial charge on any atom is 0.243 e. The molecule has 3 aliphatic rings. The van der Waals surface area contributed by atoms with Crippen molar-refractivity contribution in [1.82, 2.24) is 9.21 Å². The van der Waals surface area contributed by atoms with E-state index in [0.29, 0.717) is 70.4 Å². The number of carbonyl (C=O) groups is 1. The molecule has 154 valence electrons. The minimum atomic E-state index is -3.70. The molecular formula is C19H26N2O6S. The van der Waals surface area contributed by atoms with Crippen molar-refractivity contribution >= 4 is 15.9 Å². The molecule has 1 aromatic carbocycles. The lowest BCUT2D eigenvalue weighted by Gasteiger charge is -2.35. The molecule has 1 amide bonds. The largest absolute Gasteiger partial charge is 0.490 e.